The largest absolute Gasteiger partial charge is 0.492 e. The summed E-state index contributed by atoms with van der Waals surface area (Å²) < 4.78 is 5.92. The average molecular weight is 286 g/mol. The van der Waals surface area contributed by atoms with E-state index in [1.807, 2.05) is 36.9 Å². The van der Waals surface area contributed by atoms with Gasteiger partial charge in [-0.1, -0.05) is 35.9 Å². The molecule has 3 rings (SSSR count). The Morgan fingerprint density at radius 1 is 1.25 bits per heavy atom. The first kappa shape index (κ1) is 13.5. The van der Waals surface area contributed by atoms with E-state index in [1.54, 1.807) is 0 Å². The van der Waals surface area contributed by atoms with Crippen molar-refractivity contribution in [3.05, 3.63) is 59.2 Å². The Bertz CT molecular complexity index is 585. The molecule has 2 aromatic carbocycles. The maximum absolute atomic E-state index is 9.39. The molecule has 0 saturated heterocycles. The number of thioether (sulfide) groups is 1. The fourth-order valence-electron chi connectivity index (χ4n) is 2.50. The van der Waals surface area contributed by atoms with Gasteiger partial charge in [0.05, 0.1) is 6.61 Å². The van der Waals surface area contributed by atoms with Crippen LogP contribution >= 0.6 is 11.8 Å². The van der Waals surface area contributed by atoms with E-state index in [9.17, 15) is 5.11 Å². The zero-order valence-electron chi connectivity index (χ0n) is 11.5. The van der Waals surface area contributed by atoms with Gasteiger partial charge >= 0.3 is 0 Å². The van der Waals surface area contributed by atoms with Gasteiger partial charge in [0.2, 0.25) is 0 Å². The zero-order chi connectivity index (χ0) is 13.9. The van der Waals surface area contributed by atoms with Crippen molar-refractivity contribution in [3.63, 3.8) is 0 Å². The molecule has 1 unspecified atom stereocenters. The van der Waals surface area contributed by atoms with Gasteiger partial charge in [0.25, 0.3) is 0 Å². The second-order valence-corrected chi connectivity index (χ2v) is 6.47. The second-order valence-electron chi connectivity index (χ2n) is 5.13. The molecule has 2 nitrogen and oxygen atoms in total. The summed E-state index contributed by atoms with van der Waals surface area (Å²) in [7, 11) is 0. The number of rotatable bonds is 4. The van der Waals surface area contributed by atoms with Crippen LogP contribution in [0.5, 0.6) is 5.75 Å². The summed E-state index contributed by atoms with van der Waals surface area (Å²) in [5, 5.41) is 9.85. The Labute approximate surface area is 123 Å². The van der Waals surface area contributed by atoms with Gasteiger partial charge in [0.15, 0.2) is 0 Å². The van der Waals surface area contributed by atoms with Crippen molar-refractivity contribution in [2.45, 2.75) is 30.1 Å². The van der Waals surface area contributed by atoms with E-state index in [1.165, 1.54) is 10.5 Å². The molecule has 0 aromatic heterocycles. The molecule has 1 N–H and O–H groups in total. The maximum atomic E-state index is 9.39. The molecule has 0 spiro atoms. The molecule has 2 aromatic rings. The molecule has 1 aliphatic rings. The van der Waals surface area contributed by atoms with E-state index >= 15 is 0 Å². The van der Waals surface area contributed by atoms with Crippen molar-refractivity contribution in [1.82, 2.24) is 0 Å². The quantitative estimate of drug-likeness (QED) is 0.931. The van der Waals surface area contributed by atoms with Gasteiger partial charge in [-0.2, -0.15) is 0 Å². The normalized spacial score (nSPS) is 17.0. The Morgan fingerprint density at radius 2 is 2.10 bits per heavy atom. The molecule has 1 atom stereocenters. The standard InChI is InChI=1S/C17H18O2S/c1-12-6-7-16(14(8-12)10-18)19-11-15-9-13-4-2-3-5-17(13)20-15/h2-8,15,18H,9-11H2,1H3. The fourth-order valence-corrected chi connectivity index (χ4v) is 3.72. The van der Waals surface area contributed by atoms with E-state index in [2.05, 4.69) is 24.3 Å². The molecule has 1 heterocycles. The summed E-state index contributed by atoms with van der Waals surface area (Å²) in [5.41, 5.74) is 3.42. The van der Waals surface area contributed by atoms with Crippen LogP contribution in [0.15, 0.2) is 47.4 Å². The third kappa shape index (κ3) is 2.84. The first-order valence-corrected chi connectivity index (χ1v) is 7.72. The van der Waals surface area contributed by atoms with Gasteiger partial charge < -0.3 is 9.84 Å². The van der Waals surface area contributed by atoms with Crippen LogP contribution in [-0.4, -0.2) is 17.0 Å². The van der Waals surface area contributed by atoms with E-state index < -0.39 is 0 Å². The van der Waals surface area contributed by atoms with Crippen molar-refractivity contribution >= 4 is 11.8 Å². The molecular weight excluding hydrogens is 268 g/mol. The monoisotopic (exact) mass is 286 g/mol. The SMILES string of the molecule is Cc1ccc(OCC2Cc3ccccc3S2)c(CO)c1. The van der Waals surface area contributed by atoms with E-state index in [4.69, 9.17) is 4.74 Å². The summed E-state index contributed by atoms with van der Waals surface area (Å²) in [6, 6.07) is 14.5. The van der Waals surface area contributed by atoms with E-state index in [0.717, 1.165) is 23.3 Å². The van der Waals surface area contributed by atoms with Crippen molar-refractivity contribution in [2.24, 2.45) is 0 Å². The average Bonchev–Trinajstić information content (AvgIpc) is 2.88. The molecule has 0 fully saturated rings. The Hall–Kier alpha value is -1.45. The second kappa shape index (κ2) is 5.90. The summed E-state index contributed by atoms with van der Waals surface area (Å²) >= 11 is 1.88. The lowest BCUT2D eigenvalue weighted by Gasteiger charge is -2.14. The number of aliphatic hydroxyl groups is 1. The molecule has 0 saturated carbocycles. The Morgan fingerprint density at radius 3 is 2.90 bits per heavy atom. The van der Waals surface area contributed by atoms with Crippen LogP contribution in [0.2, 0.25) is 0 Å². The molecule has 3 heteroatoms. The minimum Gasteiger partial charge on any atom is -0.492 e. The van der Waals surface area contributed by atoms with Crippen molar-refractivity contribution in [1.29, 1.82) is 0 Å². The molecule has 0 bridgehead atoms. The van der Waals surface area contributed by atoms with Crippen LogP contribution in [0, 0.1) is 6.92 Å². The van der Waals surface area contributed by atoms with E-state index in [0.29, 0.717) is 11.9 Å². The first-order chi connectivity index (χ1) is 9.76. The van der Waals surface area contributed by atoms with Crippen LogP contribution in [0.4, 0.5) is 0 Å². The number of hydrogen-bond donors (Lipinski definition) is 1. The number of benzene rings is 2. The summed E-state index contributed by atoms with van der Waals surface area (Å²) in [5.74, 6) is 0.801. The van der Waals surface area contributed by atoms with Crippen LogP contribution in [0.3, 0.4) is 0 Å². The highest BCUT2D eigenvalue weighted by molar-refractivity contribution is 8.00. The van der Waals surface area contributed by atoms with Crippen LogP contribution in [0.25, 0.3) is 0 Å². The summed E-state index contributed by atoms with van der Waals surface area (Å²) in [6.07, 6.45) is 1.06. The summed E-state index contributed by atoms with van der Waals surface area (Å²) in [6.45, 7) is 2.72. The minimum absolute atomic E-state index is 0.0229. The van der Waals surface area contributed by atoms with E-state index in [-0.39, 0.29) is 6.61 Å². The highest BCUT2D eigenvalue weighted by Crippen LogP contribution is 2.37. The number of aryl methyl sites for hydroxylation is 1. The lowest BCUT2D eigenvalue weighted by atomic mass is 10.1. The van der Waals surface area contributed by atoms with Crippen molar-refractivity contribution in [3.8, 4) is 5.75 Å². The fraction of sp³-hybridized carbons (Fsp3) is 0.294. The zero-order valence-corrected chi connectivity index (χ0v) is 12.3. The molecular formula is C17H18O2S. The van der Waals surface area contributed by atoms with Gasteiger partial charge in [-0.05, 0) is 31.0 Å². The van der Waals surface area contributed by atoms with Crippen LogP contribution < -0.4 is 4.74 Å². The van der Waals surface area contributed by atoms with Crippen molar-refractivity contribution in [2.75, 3.05) is 6.61 Å². The number of ether oxygens (including phenoxy) is 1. The number of aliphatic hydroxyl groups excluding tert-OH is 1. The van der Waals surface area contributed by atoms with Gasteiger partial charge in [0.1, 0.15) is 12.4 Å². The van der Waals surface area contributed by atoms with Gasteiger partial charge in [0, 0.05) is 15.7 Å². The molecule has 104 valence electrons. The topological polar surface area (TPSA) is 29.5 Å². The third-order valence-electron chi connectivity index (χ3n) is 3.52. The third-order valence-corrected chi connectivity index (χ3v) is 4.81. The first-order valence-electron chi connectivity index (χ1n) is 6.84. The predicted molar refractivity (Wildman–Crippen MR) is 82.4 cm³/mol. The molecule has 0 radical (unpaired) electrons. The Kier molecular flexibility index (Phi) is 3.99. The highest BCUT2D eigenvalue weighted by atomic mass is 32.2. The summed E-state index contributed by atoms with van der Waals surface area (Å²) in [4.78, 5) is 1.37. The van der Waals surface area contributed by atoms with Gasteiger partial charge in [-0.25, -0.2) is 0 Å². The predicted octanol–water partition coefficient (Wildman–Crippen LogP) is 3.58. The highest BCUT2D eigenvalue weighted by Gasteiger charge is 2.22. The smallest absolute Gasteiger partial charge is 0.124 e. The molecule has 0 amide bonds. The van der Waals surface area contributed by atoms with Gasteiger partial charge in [-0.3, -0.25) is 0 Å². The number of fused-ring (bicyclic) bond motifs is 1. The van der Waals surface area contributed by atoms with Crippen LogP contribution in [0.1, 0.15) is 16.7 Å². The number of hydrogen-bond acceptors (Lipinski definition) is 3. The van der Waals surface area contributed by atoms with Gasteiger partial charge in [-0.15, -0.1) is 11.8 Å². The lowest BCUT2D eigenvalue weighted by Crippen LogP contribution is -2.14. The maximum Gasteiger partial charge on any atom is 0.124 e. The van der Waals surface area contributed by atoms with Crippen molar-refractivity contribution < 1.29 is 9.84 Å². The molecule has 0 aliphatic carbocycles. The minimum atomic E-state index is 0.0229. The lowest BCUT2D eigenvalue weighted by molar-refractivity contribution is 0.263. The van der Waals surface area contributed by atoms with Crippen LogP contribution in [-0.2, 0) is 13.0 Å². The Balaban J connectivity index is 1.64. The molecule has 20 heavy (non-hydrogen) atoms. The molecule has 1 aliphatic heterocycles.